The number of hydrogen-bond donors (Lipinski definition) is 2. The molecule has 1 saturated carbocycles. The van der Waals surface area contributed by atoms with Gasteiger partial charge in [0, 0.05) is 0 Å². The lowest BCUT2D eigenvalue weighted by Crippen LogP contribution is -2.43. The third-order valence-electron chi connectivity index (χ3n) is 6.16. The molecule has 3 aliphatic rings. The van der Waals surface area contributed by atoms with Gasteiger partial charge in [-0.2, -0.15) is 5.26 Å². The molecule has 3 unspecified atom stereocenters. The largest absolute Gasteiger partial charge is 0.375 e. The molecule has 148 valence electrons. The van der Waals surface area contributed by atoms with Crippen molar-refractivity contribution < 1.29 is 22.7 Å². The predicted octanol–water partition coefficient (Wildman–Crippen LogP) is 0.884. The number of carbonyl (C=O) groups is 2. The van der Waals surface area contributed by atoms with Crippen LogP contribution in [0.4, 0.5) is 0 Å². The summed E-state index contributed by atoms with van der Waals surface area (Å²) in [6.07, 6.45) is 4.75. The van der Waals surface area contributed by atoms with E-state index in [-0.39, 0.29) is 23.7 Å². The molecule has 9 heteroatoms. The monoisotopic (exact) mass is 395 g/mol. The van der Waals surface area contributed by atoms with Crippen molar-refractivity contribution in [1.29, 1.82) is 5.26 Å². The standard InChI is InChI=1S/C18H25N3O5S/c1-10-14(17(22)21-18(23)15(10)9-19)8-12-4-7-16(26-12)11-2-5-13(6-3-11)27(20,24)25/h11-14,16H,2-8H2,1H3,(H2,20,24,25)(H,21,22,23). The first kappa shape index (κ1) is 20.0. The lowest BCUT2D eigenvalue weighted by Gasteiger charge is -2.31. The van der Waals surface area contributed by atoms with E-state index in [1.54, 1.807) is 6.92 Å². The average molecular weight is 395 g/mol. The average Bonchev–Trinajstić information content (AvgIpc) is 3.07. The smallest absolute Gasteiger partial charge is 0.268 e. The van der Waals surface area contributed by atoms with E-state index in [0.29, 0.717) is 30.8 Å². The highest BCUT2D eigenvalue weighted by Gasteiger charge is 2.39. The SMILES string of the molecule is CC1=C(C#N)C(=O)NC(=O)C1CC1CCC(C2CCC(S(N)(=O)=O)CC2)O1. The van der Waals surface area contributed by atoms with Crippen LogP contribution in [0.3, 0.4) is 0 Å². The van der Waals surface area contributed by atoms with Gasteiger partial charge in [-0.3, -0.25) is 14.9 Å². The zero-order valence-corrected chi connectivity index (χ0v) is 16.1. The molecule has 0 aromatic heterocycles. The molecule has 1 saturated heterocycles. The maximum Gasteiger partial charge on any atom is 0.268 e. The molecule has 2 heterocycles. The van der Waals surface area contributed by atoms with E-state index in [1.807, 2.05) is 6.07 Å². The van der Waals surface area contributed by atoms with Crippen LogP contribution in [0.1, 0.15) is 51.9 Å². The Labute approximate surface area is 159 Å². The Kier molecular flexibility index (Phi) is 5.70. The summed E-state index contributed by atoms with van der Waals surface area (Å²) in [6.45, 7) is 1.65. The van der Waals surface area contributed by atoms with Crippen LogP contribution in [0, 0.1) is 23.2 Å². The van der Waals surface area contributed by atoms with E-state index in [9.17, 15) is 18.0 Å². The van der Waals surface area contributed by atoms with Crippen LogP contribution in [0.15, 0.2) is 11.1 Å². The maximum atomic E-state index is 12.2. The number of sulfonamides is 1. The van der Waals surface area contributed by atoms with Gasteiger partial charge in [0.1, 0.15) is 11.6 Å². The van der Waals surface area contributed by atoms with Crippen LogP contribution in [0.25, 0.3) is 0 Å². The van der Waals surface area contributed by atoms with E-state index in [4.69, 9.17) is 15.1 Å². The van der Waals surface area contributed by atoms with Crippen molar-refractivity contribution in [2.24, 2.45) is 17.0 Å². The molecule has 3 atom stereocenters. The number of nitriles is 1. The molecule has 1 aliphatic carbocycles. The maximum absolute atomic E-state index is 12.2. The van der Waals surface area contributed by atoms with E-state index in [1.165, 1.54) is 0 Å². The van der Waals surface area contributed by atoms with Crippen LogP contribution in [-0.2, 0) is 24.3 Å². The molecule has 0 radical (unpaired) electrons. The summed E-state index contributed by atoms with van der Waals surface area (Å²) in [4.78, 5) is 23.9. The van der Waals surface area contributed by atoms with Gasteiger partial charge < -0.3 is 4.74 Å². The first-order chi connectivity index (χ1) is 12.7. The minimum absolute atomic E-state index is 0.00969. The van der Waals surface area contributed by atoms with Gasteiger partial charge >= 0.3 is 0 Å². The fourth-order valence-electron chi connectivity index (χ4n) is 4.54. The molecule has 3 rings (SSSR count). The van der Waals surface area contributed by atoms with Crippen molar-refractivity contribution in [2.75, 3.05) is 0 Å². The van der Waals surface area contributed by atoms with E-state index in [2.05, 4.69) is 5.32 Å². The number of imide groups is 1. The Bertz CT molecular complexity index is 805. The van der Waals surface area contributed by atoms with Gasteiger partial charge in [-0.05, 0) is 63.4 Å². The highest BCUT2D eigenvalue weighted by Crippen LogP contribution is 2.38. The molecule has 2 amide bonds. The number of nitrogens with two attached hydrogens (primary N) is 1. The van der Waals surface area contributed by atoms with Gasteiger partial charge in [0.25, 0.3) is 5.91 Å². The number of rotatable bonds is 4. The van der Waals surface area contributed by atoms with Crippen LogP contribution >= 0.6 is 0 Å². The number of primary sulfonamides is 1. The number of amides is 2. The van der Waals surface area contributed by atoms with Crippen molar-refractivity contribution in [1.82, 2.24) is 5.32 Å². The van der Waals surface area contributed by atoms with Crippen molar-refractivity contribution in [3.05, 3.63) is 11.1 Å². The summed E-state index contributed by atoms with van der Waals surface area (Å²) < 4.78 is 29.1. The number of hydrogen-bond acceptors (Lipinski definition) is 6. The number of nitrogens with one attached hydrogen (secondary N) is 1. The summed E-state index contributed by atoms with van der Waals surface area (Å²) in [5.41, 5.74) is 0.516. The van der Waals surface area contributed by atoms with Gasteiger partial charge in [0.05, 0.1) is 23.4 Å². The van der Waals surface area contributed by atoms with E-state index < -0.39 is 27.1 Å². The van der Waals surface area contributed by atoms with Crippen LogP contribution in [0.5, 0.6) is 0 Å². The van der Waals surface area contributed by atoms with Crippen molar-refractivity contribution in [3.63, 3.8) is 0 Å². The fraction of sp³-hybridized carbons (Fsp3) is 0.722. The second kappa shape index (κ2) is 7.70. The molecular formula is C18H25N3O5S. The van der Waals surface area contributed by atoms with Gasteiger partial charge in [0.15, 0.2) is 0 Å². The molecule has 0 bridgehead atoms. The second-order valence-corrected chi connectivity index (χ2v) is 9.62. The minimum Gasteiger partial charge on any atom is -0.375 e. The normalized spacial score (nSPS) is 35.1. The molecule has 0 spiro atoms. The molecule has 8 nitrogen and oxygen atoms in total. The zero-order valence-electron chi connectivity index (χ0n) is 15.3. The zero-order chi connectivity index (χ0) is 19.8. The Balaban J connectivity index is 1.58. The highest BCUT2D eigenvalue weighted by atomic mass is 32.2. The summed E-state index contributed by atoms with van der Waals surface area (Å²) >= 11 is 0. The van der Waals surface area contributed by atoms with Crippen LogP contribution in [-0.4, -0.2) is 37.7 Å². The summed E-state index contributed by atoms with van der Waals surface area (Å²) in [7, 11) is -3.47. The van der Waals surface area contributed by atoms with Gasteiger partial charge in [-0.15, -0.1) is 0 Å². The summed E-state index contributed by atoms with van der Waals surface area (Å²) in [6, 6.07) is 1.87. The van der Waals surface area contributed by atoms with E-state index in [0.717, 1.165) is 25.7 Å². The lowest BCUT2D eigenvalue weighted by atomic mass is 9.84. The molecule has 0 aromatic rings. The number of nitrogens with zero attached hydrogens (tertiary/aromatic N) is 1. The second-order valence-electron chi connectivity index (χ2n) is 7.78. The summed E-state index contributed by atoms with van der Waals surface area (Å²) in [5, 5.41) is 16.2. The first-order valence-electron chi connectivity index (χ1n) is 9.33. The van der Waals surface area contributed by atoms with Crippen LogP contribution in [0.2, 0.25) is 0 Å². The van der Waals surface area contributed by atoms with Crippen molar-refractivity contribution in [2.45, 2.75) is 69.3 Å². The fourth-order valence-corrected chi connectivity index (χ4v) is 5.47. The quantitative estimate of drug-likeness (QED) is 0.678. The number of ether oxygens (including phenoxy) is 1. The topological polar surface area (TPSA) is 139 Å². The summed E-state index contributed by atoms with van der Waals surface area (Å²) in [5.74, 6) is -1.23. The molecular weight excluding hydrogens is 370 g/mol. The Hall–Kier alpha value is -1.76. The number of carbonyl (C=O) groups excluding carboxylic acids is 2. The lowest BCUT2D eigenvalue weighted by molar-refractivity contribution is -0.132. The van der Waals surface area contributed by atoms with Crippen LogP contribution < -0.4 is 10.5 Å². The van der Waals surface area contributed by atoms with Gasteiger partial charge in [-0.1, -0.05) is 0 Å². The first-order valence-corrected chi connectivity index (χ1v) is 10.9. The predicted molar refractivity (Wildman–Crippen MR) is 96.3 cm³/mol. The molecule has 0 aromatic carbocycles. The Morgan fingerprint density at radius 2 is 1.85 bits per heavy atom. The Morgan fingerprint density at radius 1 is 1.19 bits per heavy atom. The third-order valence-corrected chi connectivity index (χ3v) is 7.56. The molecule has 3 N–H and O–H groups in total. The Morgan fingerprint density at radius 3 is 2.44 bits per heavy atom. The molecule has 2 fully saturated rings. The van der Waals surface area contributed by atoms with Crippen molar-refractivity contribution >= 4 is 21.8 Å². The highest BCUT2D eigenvalue weighted by molar-refractivity contribution is 7.89. The van der Waals surface area contributed by atoms with Gasteiger partial charge in [0.2, 0.25) is 15.9 Å². The third kappa shape index (κ3) is 4.23. The molecule has 27 heavy (non-hydrogen) atoms. The van der Waals surface area contributed by atoms with Gasteiger partial charge in [-0.25, -0.2) is 13.6 Å². The minimum atomic E-state index is -3.47. The molecule has 2 aliphatic heterocycles. The van der Waals surface area contributed by atoms with Crippen molar-refractivity contribution in [3.8, 4) is 6.07 Å². The van der Waals surface area contributed by atoms with E-state index >= 15 is 0 Å².